The van der Waals surface area contributed by atoms with Crippen LogP contribution < -0.4 is 5.32 Å². The second-order valence-electron chi connectivity index (χ2n) is 7.03. The van der Waals surface area contributed by atoms with E-state index in [1.165, 1.54) is 10.4 Å². The molecule has 150 valence electrons. The Morgan fingerprint density at radius 2 is 1.86 bits per heavy atom. The van der Waals surface area contributed by atoms with Gasteiger partial charge in [-0.15, -0.1) is 0 Å². The maximum atomic E-state index is 13.0. The maximum absolute atomic E-state index is 13.0. The zero-order valence-electron chi connectivity index (χ0n) is 16.3. The van der Waals surface area contributed by atoms with E-state index in [1.54, 1.807) is 32.2 Å². The normalized spacial score (nSPS) is 15.4. The van der Waals surface area contributed by atoms with Gasteiger partial charge in [0.15, 0.2) is 0 Å². The molecule has 2 aromatic carbocycles. The largest absolute Gasteiger partial charge is 0.380 e. The summed E-state index contributed by atoms with van der Waals surface area (Å²) in [7, 11) is -1.99. The topological polar surface area (TPSA) is 75.7 Å². The number of nitrogens with zero attached hydrogens (tertiary/aromatic N) is 1. The summed E-state index contributed by atoms with van der Waals surface area (Å²) >= 11 is 0. The number of amides is 1. The predicted molar refractivity (Wildman–Crippen MR) is 109 cm³/mol. The minimum atomic E-state index is -3.60. The van der Waals surface area contributed by atoms with E-state index in [1.807, 2.05) is 18.2 Å². The highest BCUT2D eigenvalue weighted by Crippen LogP contribution is 2.25. The van der Waals surface area contributed by atoms with Crippen molar-refractivity contribution in [2.24, 2.45) is 0 Å². The van der Waals surface area contributed by atoms with Crippen molar-refractivity contribution in [2.45, 2.75) is 37.7 Å². The number of ether oxygens (including phenoxy) is 1. The SMILES string of the molecule is COCc1cccc(NC(=O)c2ccc(C)c(S(=O)(=O)N3CCCCC3)c2)c1. The average Bonchev–Trinajstić information content (AvgIpc) is 2.69. The van der Waals surface area contributed by atoms with Gasteiger partial charge in [0.1, 0.15) is 0 Å². The number of hydrogen-bond acceptors (Lipinski definition) is 4. The van der Waals surface area contributed by atoms with Crippen molar-refractivity contribution >= 4 is 21.6 Å². The quantitative estimate of drug-likeness (QED) is 0.801. The smallest absolute Gasteiger partial charge is 0.255 e. The van der Waals surface area contributed by atoms with Gasteiger partial charge < -0.3 is 10.1 Å². The van der Waals surface area contributed by atoms with Gasteiger partial charge in [0, 0.05) is 31.5 Å². The number of methoxy groups -OCH3 is 1. The molecule has 1 aliphatic rings. The molecule has 0 unspecified atom stereocenters. The lowest BCUT2D eigenvalue weighted by atomic mass is 10.1. The monoisotopic (exact) mass is 402 g/mol. The molecular weight excluding hydrogens is 376 g/mol. The third-order valence-corrected chi connectivity index (χ3v) is 6.92. The number of hydrogen-bond donors (Lipinski definition) is 1. The zero-order chi connectivity index (χ0) is 20.1. The molecule has 0 saturated carbocycles. The van der Waals surface area contributed by atoms with E-state index in [2.05, 4.69) is 5.32 Å². The molecule has 0 radical (unpaired) electrons. The molecule has 3 rings (SSSR count). The summed E-state index contributed by atoms with van der Waals surface area (Å²) in [5.41, 5.74) is 2.54. The number of carbonyl (C=O) groups is 1. The second-order valence-corrected chi connectivity index (χ2v) is 8.94. The van der Waals surface area contributed by atoms with Crippen molar-refractivity contribution in [1.82, 2.24) is 4.31 Å². The number of anilines is 1. The molecule has 0 bridgehead atoms. The molecule has 1 aliphatic heterocycles. The van der Waals surface area contributed by atoms with Gasteiger partial charge in [0.2, 0.25) is 10.0 Å². The summed E-state index contributed by atoms with van der Waals surface area (Å²) in [6.07, 6.45) is 2.79. The van der Waals surface area contributed by atoms with Crippen LogP contribution in [0.15, 0.2) is 47.4 Å². The summed E-state index contributed by atoms with van der Waals surface area (Å²) in [6, 6.07) is 12.2. The second kappa shape index (κ2) is 8.86. The molecule has 1 fully saturated rings. The van der Waals surface area contributed by atoms with Crippen molar-refractivity contribution < 1.29 is 17.9 Å². The molecule has 7 heteroatoms. The van der Waals surface area contributed by atoms with Gasteiger partial charge in [-0.05, 0) is 55.2 Å². The van der Waals surface area contributed by atoms with Crippen molar-refractivity contribution in [1.29, 1.82) is 0 Å². The average molecular weight is 403 g/mol. The first-order valence-electron chi connectivity index (χ1n) is 9.42. The van der Waals surface area contributed by atoms with Gasteiger partial charge in [-0.25, -0.2) is 8.42 Å². The molecule has 28 heavy (non-hydrogen) atoms. The van der Waals surface area contributed by atoms with E-state index in [9.17, 15) is 13.2 Å². The Balaban J connectivity index is 1.84. The first-order valence-corrected chi connectivity index (χ1v) is 10.9. The van der Waals surface area contributed by atoms with Gasteiger partial charge in [-0.1, -0.05) is 24.6 Å². The molecule has 0 atom stereocenters. The fraction of sp³-hybridized carbons (Fsp3) is 0.381. The Bertz CT molecular complexity index is 951. The summed E-state index contributed by atoms with van der Waals surface area (Å²) in [5.74, 6) is -0.343. The third-order valence-electron chi connectivity index (χ3n) is 4.88. The first-order chi connectivity index (χ1) is 13.4. The van der Waals surface area contributed by atoms with Gasteiger partial charge in [0.25, 0.3) is 5.91 Å². The Labute approximate surface area is 166 Å². The number of rotatable bonds is 6. The molecule has 0 spiro atoms. The molecule has 1 N–H and O–H groups in total. The van der Waals surface area contributed by atoms with Gasteiger partial charge in [0.05, 0.1) is 11.5 Å². The van der Waals surface area contributed by atoms with E-state index >= 15 is 0 Å². The maximum Gasteiger partial charge on any atom is 0.255 e. The molecule has 0 aromatic heterocycles. The number of piperidine rings is 1. The highest BCUT2D eigenvalue weighted by atomic mass is 32.2. The van der Waals surface area contributed by atoms with Crippen molar-refractivity contribution in [3.63, 3.8) is 0 Å². The number of sulfonamides is 1. The number of carbonyl (C=O) groups excluding carboxylic acids is 1. The Kier molecular flexibility index (Phi) is 6.49. The number of nitrogens with one attached hydrogen (secondary N) is 1. The Morgan fingerprint density at radius 3 is 2.57 bits per heavy atom. The molecule has 2 aromatic rings. The van der Waals surface area contributed by atoms with E-state index < -0.39 is 10.0 Å². The lowest BCUT2D eigenvalue weighted by Crippen LogP contribution is -2.36. The summed E-state index contributed by atoms with van der Waals surface area (Å²) in [5, 5.41) is 2.83. The van der Waals surface area contributed by atoms with Crippen LogP contribution in [0.2, 0.25) is 0 Å². The van der Waals surface area contributed by atoms with Crippen LogP contribution in [-0.4, -0.2) is 38.8 Å². The Morgan fingerprint density at radius 1 is 1.11 bits per heavy atom. The zero-order valence-corrected chi connectivity index (χ0v) is 17.1. The highest BCUT2D eigenvalue weighted by molar-refractivity contribution is 7.89. The molecule has 1 saturated heterocycles. The molecule has 0 aliphatic carbocycles. The van der Waals surface area contributed by atoms with Gasteiger partial charge >= 0.3 is 0 Å². The summed E-state index contributed by atoms with van der Waals surface area (Å²) < 4.78 is 32.7. The standard InChI is InChI=1S/C21H26N2O4S/c1-16-9-10-18(14-20(16)28(25,26)23-11-4-3-5-12-23)21(24)22-19-8-6-7-17(13-19)15-27-2/h6-10,13-14H,3-5,11-12,15H2,1-2H3,(H,22,24). The van der Waals surface area contributed by atoms with Crippen LogP contribution in [0.5, 0.6) is 0 Å². The van der Waals surface area contributed by atoms with Crippen LogP contribution in [0, 0.1) is 6.92 Å². The summed E-state index contributed by atoms with van der Waals surface area (Å²) in [4.78, 5) is 12.9. The first kappa shape index (κ1) is 20.5. The van der Waals surface area contributed by atoms with E-state index in [0.29, 0.717) is 36.5 Å². The van der Waals surface area contributed by atoms with Crippen LogP contribution in [-0.2, 0) is 21.4 Å². The van der Waals surface area contributed by atoms with Crippen LogP contribution in [0.3, 0.4) is 0 Å². The minimum absolute atomic E-state index is 0.204. The fourth-order valence-electron chi connectivity index (χ4n) is 3.37. The van der Waals surface area contributed by atoms with E-state index in [0.717, 1.165) is 24.8 Å². The minimum Gasteiger partial charge on any atom is -0.380 e. The third kappa shape index (κ3) is 4.60. The van der Waals surface area contributed by atoms with Gasteiger partial charge in [-0.2, -0.15) is 4.31 Å². The lowest BCUT2D eigenvalue weighted by Gasteiger charge is -2.26. The van der Waals surface area contributed by atoms with Crippen LogP contribution in [0.1, 0.15) is 40.7 Å². The Hall–Kier alpha value is -2.22. The van der Waals surface area contributed by atoms with Crippen molar-refractivity contribution in [3.8, 4) is 0 Å². The van der Waals surface area contributed by atoms with Gasteiger partial charge in [-0.3, -0.25) is 4.79 Å². The van der Waals surface area contributed by atoms with E-state index in [-0.39, 0.29) is 10.8 Å². The van der Waals surface area contributed by atoms with Crippen LogP contribution in [0.25, 0.3) is 0 Å². The molecule has 1 heterocycles. The lowest BCUT2D eigenvalue weighted by molar-refractivity contribution is 0.102. The number of benzene rings is 2. The van der Waals surface area contributed by atoms with E-state index in [4.69, 9.17) is 4.74 Å². The number of aryl methyl sites for hydroxylation is 1. The van der Waals surface area contributed by atoms with Crippen LogP contribution >= 0.6 is 0 Å². The molecule has 6 nitrogen and oxygen atoms in total. The molecular formula is C21H26N2O4S. The predicted octanol–water partition coefficient (Wildman–Crippen LogP) is 3.57. The summed E-state index contributed by atoms with van der Waals surface area (Å²) in [6.45, 7) is 3.27. The molecule has 1 amide bonds. The van der Waals surface area contributed by atoms with Crippen LogP contribution in [0.4, 0.5) is 5.69 Å². The van der Waals surface area contributed by atoms with Crippen molar-refractivity contribution in [2.75, 3.05) is 25.5 Å². The fourth-order valence-corrected chi connectivity index (χ4v) is 5.14. The van der Waals surface area contributed by atoms with Crippen molar-refractivity contribution in [3.05, 3.63) is 59.2 Å². The highest BCUT2D eigenvalue weighted by Gasteiger charge is 2.28.